The van der Waals surface area contributed by atoms with Gasteiger partial charge in [0.2, 0.25) is 0 Å². The molecule has 386 valence electrons. The summed E-state index contributed by atoms with van der Waals surface area (Å²) in [4.78, 5) is 46.9. The number of hydrogen-bond donors (Lipinski definition) is 0. The van der Waals surface area contributed by atoms with Gasteiger partial charge in [-0.1, -0.05) is 24.3 Å². The predicted molar refractivity (Wildman–Crippen MR) is 288 cm³/mol. The minimum absolute atomic E-state index is 0. The van der Waals surface area contributed by atoms with E-state index in [0.717, 1.165) is 131 Å². The van der Waals surface area contributed by atoms with Crippen LogP contribution >= 0.6 is 47.0 Å². The van der Waals surface area contributed by atoms with Crippen molar-refractivity contribution in [3.8, 4) is 45.6 Å². The summed E-state index contributed by atoms with van der Waals surface area (Å²) in [5.41, 5.74) is 5.93. The van der Waals surface area contributed by atoms with Gasteiger partial charge < -0.3 is 144 Å². The van der Waals surface area contributed by atoms with Crippen LogP contribution in [0.3, 0.4) is 0 Å². The van der Waals surface area contributed by atoms with E-state index >= 15 is 0 Å². The molecule has 0 fully saturated rings. The largest absolute Gasteiger partial charge is 2.00 e. The standard InChI is InChI=1S/C52H64N12S4.4HI.Zn/c1-61(2,3)21-25-65-33-13-17-37-41(29-33)49-53-45(37)58-50-43-31-35(67-27-23-63(7,8)9)15-19-39(43)47(55-50)60-52-44-32-36(68-28-24-64(10,11)12)16-20-40(44)48(56-52)59-51-42-30-34(66-26-22-62(4,5)6)14-18-38(42)46(54-51)57-49;;;;;/h13-20,29-32H,21-28H2,1-12H3;4*1H;/q+2;;;;;+2/p-4. The summed E-state index contributed by atoms with van der Waals surface area (Å²) in [6, 6.07) is 26.1. The molecule has 8 bridgehead atoms. The van der Waals surface area contributed by atoms with Gasteiger partial charge in [0.05, 0.1) is 134 Å². The van der Waals surface area contributed by atoms with E-state index in [0.29, 0.717) is 45.9 Å². The van der Waals surface area contributed by atoms with E-state index in [1.54, 1.807) is 0 Å². The van der Waals surface area contributed by atoms with E-state index in [9.17, 15) is 0 Å². The fraction of sp³-hybridized carbons (Fsp3) is 0.385. The minimum Gasteiger partial charge on any atom is -1.00 e. The molecule has 0 amide bonds. The molecule has 4 aromatic carbocycles. The fourth-order valence-electron chi connectivity index (χ4n) is 7.69. The molecule has 7 aromatic rings. The number of thioether (sulfide) groups is 4. The van der Waals surface area contributed by atoms with Crippen LogP contribution in [0.4, 0.5) is 0 Å². The maximum Gasteiger partial charge on any atom is 2.00 e. The first-order valence-corrected chi connectivity index (χ1v) is 27.1. The van der Waals surface area contributed by atoms with Gasteiger partial charge in [-0.25, -0.2) is 9.97 Å². The average molecular weight is 1560 g/mol. The van der Waals surface area contributed by atoms with E-state index in [1.807, 2.05) is 47.0 Å². The van der Waals surface area contributed by atoms with E-state index < -0.39 is 0 Å². The second kappa shape index (κ2) is 26.3. The molecule has 0 N–H and O–H groups in total. The molecular formula is C52H64I4N12S4Zn. The Hall–Kier alpha value is -0.977. The first kappa shape index (κ1) is 64.5. The quantitative estimate of drug-likeness (QED) is 0.0437. The number of nitrogens with zero attached hydrogens (tertiary/aromatic N) is 12. The van der Waals surface area contributed by atoms with E-state index in [2.05, 4.69) is 157 Å². The van der Waals surface area contributed by atoms with Crippen molar-refractivity contribution in [3.63, 3.8) is 0 Å². The van der Waals surface area contributed by atoms with Crippen LogP contribution in [0.25, 0.3) is 89.7 Å². The molecule has 3 aromatic heterocycles. The third kappa shape index (κ3) is 16.5. The number of hydrogen-bond acceptors (Lipinski definition) is 10. The number of aromatic nitrogens is 8. The van der Waals surface area contributed by atoms with Gasteiger partial charge in [-0.15, -0.1) is 47.0 Å². The number of fused-ring (bicyclic) bond motifs is 20. The molecule has 2 aliphatic heterocycles. The molecule has 0 aliphatic carbocycles. The summed E-state index contributed by atoms with van der Waals surface area (Å²) in [6.45, 7) is 4.15. The maximum absolute atomic E-state index is 5.33. The van der Waals surface area contributed by atoms with Crippen LogP contribution < -0.4 is 106 Å². The molecular weight excluding hydrogens is 1490 g/mol. The Kier molecular flexibility index (Phi) is 23.3. The van der Waals surface area contributed by atoms with Crippen molar-refractivity contribution in [2.45, 2.75) is 19.6 Å². The second-order valence-corrected chi connectivity index (χ2v) is 26.4. The first-order valence-electron chi connectivity index (χ1n) is 23.1. The molecule has 5 heterocycles. The van der Waals surface area contributed by atoms with Gasteiger partial charge in [0.15, 0.2) is 0 Å². The third-order valence-corrected chi connectivity index (χ3v) is 15.6. The van der Waals surface area contributed by atoms with Crippen molar-refractivity contribution < 1.29 is 133 Å². The van der Waals surface area contributed by atoms with Gasteiger partial charge in [0.1, 0.15) is 0 Å². The summed E-state index contributed by atoms with van der Waals surface area (Å²) in [7, 11) is 26.8. The van der Waals surface area contributed by atoms with Crippen LogP contribution in [-0.2, 0) is 19.5 Å². The summed E-state index contributed by atoms with van der Waals surface area (Å²) in [5.74, 6) is 6.19. The van der Waals surface area contributed by atoms with Crippen molar-refractivity contribution in [2.24, 2.45) is 0 Å². The Balaban J connectivity index is 0.00000231. The normalized spacial score (nSPS) is 12.2. The van der Waals surface area contributed by atoms with Gasteiger partial charge >= 0.3 is 19.5 Å². The van der Waals surface area contributed by atoms with Crippen LogP contribution in [0, 0.1) is 0 Å². The minimum atomic E-state index is 0. The molecule has 9 rings (SSSR count). The molecule has 12 nitrogen and oxygen atoms in total. The van der Waals surface area contributed by atoms with Gasteiger partial charge in [-0.2, -0.15) is 0 Å². The summed E-state index contributed by atoms with van der Waals surface area (Å²) in [5, 5.41) is 3.66. The Bertz CT molecular complexity index is 3020. The molecule has 0 saturated heterocycles. The van der Waals surface area contributed by atoms with Gasteiger partial charge in [-0.3, -0.25) is 0 Å². The molecule has 0 atom stereocenters. The fourth-order valence-corrected chi connectivity index (χ4v) is 12.6. The monoisotopic (exact) mass is 1560 g/mol. The molecule has 73 heavy (non-hydrogen) atoms. The summed E-state index contributed by atoms with van der Waals surface area (Å²) >= 11 is 7.39. The van der Waals surface area contributed by atoms with E-state index in [-0.39, 0.29) is 115 Å². The Morgan fingerprint density at radius 2 is 0.589 bits per heavy atom. The Labute approximate surface area is 529 Å². The number of halogens is 4. The number of benzene rings is 4. The van der Waals surface area contributed by atoms with Gasteiger partial charge in [0.25, 0.3) is 0 Å². The second-order valence-electron chi connectivity index (χ2n) is 21.8. The maximum atomic E-state index is 5.33. The topological polar surface area (TPSA) is 106 Å². The van der Waals surface area contributed by atoms with Crippen LogP contribution in [0.2, 0.25) is 0 Å². The Morgan fingerprint density at radius 3 is 0.890 bits per heavy atom. The molecule has 21 heteroatoms. The molecule has 2 aliphatic rings. The van der Waals surface area contributed by atoms with Crippen molar-refractivity contribution in [1.29, 1.82) is 0 Å². The van der Waals surface area contributed by atoms with Gasteiger partial charge in [0, 0.05) is 87.4 Å². The first-order chi connectivity index (χ1) is 32.1. The van der Waals surface area contributed by atoms with Crippen LogP contribution in [-0.4, -0.2) is 182 Å². The zero-order chi connectivity index (χ0) is 48.2. The van der Waals surface area contributed by atoms with Crippen molar-refractivity contribution in [3.05, 3.63) is 72.8 Å². The van der Waals surface area contributed by atoms with Crippen LogP contribution in [0.15, 0.2) is 92.4 Å². The summed E-state index contributed by atoms with van der Waals surface area (Å²) in [6.07, 6.45) is 0. The third-order valence-electron chi connectivity index (χ3n) is 11.7. The van der Waals surface area contributed by atoms with Crippen molar-refractivity contribution >= 4 is 91.2 Å². The van der Waals surface area contributed by atoms with Crippen molar-refractivity contribution in [1.82, 2.24) is 39.9 Å². The zero-order valence-electron chi connectivity index (χ0n) is 43.8. The predicted octanol–water partition coefficient (Wildman–Crippen LogP) is -2.67. The smallest absolute Gasteiger partial charge is 1.00 e. The zero-order valence-corrected chi connectivity index (χ0v) is 58.7. The van der Waals surface area contributed by atoms with E-state index in [1.165, 1.54) is 0 Å². The van der Waals surface area contributed by atoms with Crippen molar-refractivity contribution in [2.75, 3.05) is 134 Å². The van der Waals surface area contributed by atoms with Crippen LogP contribution in [0.1, 0.15) is 0 Å². The molecule has 0 saturated carbocycles. The SMILES string of the molecule is C[N+](C)(C)CCSc1ccc2c(c1)-c1nc-2nc2[n-]c(nc3nc(nc4[n-]c(n1)c1ccc(SCC[N+](C)(C)C)cc41)-c1ccc(SCC[N+](C)(C)C)cc1-3)c1ccc(SCC[N+](C)(C)C)cc21.[I-].[I-].[I-].[I-].[Zn+2]. The molecule has 0 spiro atoms. The average Bonchev–Trinajstić information content (AvgIpc) is 3.97. The molecule has 0 radical (unpaired) electrons. The Morgan fingerprint density at radius 1 is 0.329 bits per heavy atom. The van der Waals surface area contributed by atoms with Gasteiger partial charge in [-0.05, 0) is 70.1 Å². The van der Waals surface area contributed by atoms with Crippen LogP contribution in [0.5, 0.6) is 0 Å². The summed E-state index contributed by atoms with van der Waals surface area (Å²) < 4.78 is 3.59. The van der Waals surface area contributed by atoms with E-state index in [4.69, 9.17) is 39.9 Å². The number of rotatable bonds is 16. The molecule has 0 unspecified atom stereocenters. The number of quaternary nitrogens is 4.